The molecule has 0 radical (unpaired) electrons. The summed E-state index contributed by atoms with van der Waals surface area (Å²) in [5, 5.41) is 7.23. The molecule has 0 saturated carbocycles. The van der Waals surface area contributed by atoms with Crippen molar-refractivity contribution in [3.8, 4) is 11.1 Å². The van der Waals surface area contributed by atoms with Gasteiger partial charge in [0.15, 0.2) is 0 Å². The SMILES string of the molecule is Cc1nn(C)cc1-c1cnc(N2CCCC(F)(F)CC2)c(C(=O)Nc2cccc([S@](C)(=N)=O)c2)c1C. The lowest BCUT2D eigenvalue weighted by atomic mass is 9.98. The molecule has 1 aromatic carbocycles. The van der Waals surface area contributed by atoms with Gasteiger partial charge in [0, 0.05) is 73.3 Å². The molecule has 1 fully saturated rings. The predicted molar refractivity (Wildman–Crippen MR) is 136 cm³/mol. The van der Waals surface area contributed by atoms with Crippen LogP contribution in [0.4, 0.5) is 20.3 Å². The van der Waals surface area contributed by atoms with Crippen LogP contribution >= 0.6 is 0 Å². The number of carbonyl (C=O) groups excluding carboxylic acids is 1. The quantitative estimate of drug-likeness (QED) is 0.496. The standard InChI is InChI=1S/C25H30F2N6O2S/c1-16-20(21-15-32(3)31-17(21)2)14-29-23(33-11-6-9-25(26,27)10-12-33)22(16)24(34)30-18-7-5-8-19(13-18)36(4,28)35/h5,7-8,13-15,28H,6,9-12H2,1-4H3,(H,30,34)/t36-/m1/s1. The second kappa shape index (κ2) is 9.61. The van der Waals surface area contributed by atoms with E-state index in [9.17, 15) is 17.8 Å². The third-order valence-corrected chi connectivity index (χ3v) is 7.56. The van der Waals surface area contributed by atoms with Crippen molar-refractivity contribution in [2.75, 3.05) is 29.6 Å². The van der Waals surface area contributed by atoms with Gasteiger partial charge in [-0.25, -0.2) is 22.8 Å². The molecular weight excluding hydrogens is 486 g/mol. The molecule has 1 aliphatic heterocycles. The molecule has 1 saturated heterocycles. The second-order valence-corrected chi connectivity index (χ2v) is 11.5. The van der Waals surface area contributed by atoms with Crippen LogP contribution in [0.5, 0.6) is 0 Å². The van der Waals surface area contributed by atoms with Crippen molar-refractivity contribution in [1.29, 1.82) is 4.78 Å². The molecule has 11 heteroatoms. The highest BCUT2D eigenvalue weighted by atomic mass is 32.2. The summed E-state index contributed by atoms with van der Waals surface area (Å²) in [5.74, 6) is -2.86. The Balaban J connectivity index is 1.80. The fourth-order valence-corrected chi connectivity index (χ4v) is 5.21. The first-order valence-corrected chi connectivity index (χ1v) is 13.6. The zero-order valence-electron chi connectivity index (χ0n) is 20.8. The van der Waals surface area contributed by atoms with Gasteiger partial charge in [-0.2, -0.15) is 5.10 Å². The first kappa shape index (κ1) is 25.7. The van der Waals surface area contributed by atoms with E-state index in [-0.39, 0.29) is 31.4 Å². The summed E-state index contributed by atoms with van der Waals surface area (Å²) in [7, 11) is -1.16. The average Bonchev–Trinajstić information content (AvgIpc) is 3.01. The summed E-state index contributed by atoms with van der Waals surface area (Å²) in [6.07, 6.45) is 4.61. The van der Waals surface area contributed by atoms with Gasteiger partial charge in [0.2, 0.25) is 5.92 Å². The third-order valence-electron chi connectivity index (χ3n) is 6.41. The van der Waals surface area contributed by atoms with E-state index in [0.29, 0.717) is 28.5 Å². The van der Waals surface area contributed by atoms with E-state index in [1.807, 2.05) is 27.1 Å². The van der Waals surface area contributed by atoms with E-state index in [0.717, 1.165) is 16.8 Å². The van der Waals surface area contributed by atoms with Crippen LogP contribution in [0.1, 0.15) is 40.9 Å². The summed E-state index contributed by atoms with van der Waals surface area (Å²) in [6.45, 7) is 4.12. The number of anilines is 2. The van der Waals surface area contributed by atoms with Gasteiger partial charge < -0.3 is 10.2 Å². The monoisotopic (exact) mass is 516 g/mol. The number of amides is 1. The smallest absolute Gasteiger partial charge is 0.259 e. The predicted octanol–water partition coefficient (Wildman–Crippen LogP) is 5.01. The number of rotatable bonds is 5. The molecule has 3 aromatic rings. The van der Waals surface area contributed by atoms with Crippen LogP contribution in [0.3, 0.4) is 0 Å². The van der Waals surface area contributed by atoms with Crippen molar-refractivity contribution in [1.82, 2.24) is 14.8 Å². The topological polar surface area (TPSA) is 104 Å². The van der Waals surface area contributed by atoms with Gasteiger partial charge in [0.1, 0.15) is 5.82 Å². The van der Waals surface area contributed by atoms with E-state index in [1.54, 1.807) is 34.0 Å². The van der Waals surface area contributed by atoms with Gasteiger partial charge in [0.05, 0.1) is 21.0 Å². The first-order valence-electron chi connectivity index (χ1n) is 11.6. The molecule has 8 nitrogen and oxygen atoms in total. The molecule has 3 heterocycles. The van der Waals surface area contributed by atoms with Gasteiger partial charge in [-0.05, 0) is 44.0 Å². The molecule has 0 bridgehead atoms. The maximum atomic E-state index is 14.1. The van der Waals surface area contributed by atoms with Crippen LogP contribution in [0.15, 0.2) is 41.6 Å². The largest absolute Gasteiger partial charge is 0.356 e. The number of pyridine rings is 1. The minimum absolute atomic E-state index is 0.0806. The summed E-state index contributed by atoms with van der Waals surface area (Å²) in [5.41, 5.74) is 3.65. The molecular formula is C25H30F2N6O2S. The first-order chi connectivity index (χ1) is 16.9. The van der Waals surface area contributed by atoms with Crippen LogP contribution < -0.4 is 10.2 Å². The number of nitrogens with one attached hydrogen (secondary N) is 2. The van der Waals surface area contributed by atoms with Gasteiger partial charge in [-0.1, -0.05) is 6.07 Å². The zero-order chi connectivity index (χ0) is 26.3. The molecule has 2 aromatic heterocycles. The van der Waals surface area contributed by atoms with Crippen LogP contribution in [-0.2, 0) is 16.8 Å². The molecule has 0 spiro atoms. The van der Waals surface area contributed by atoms with Gasteiger partial charge >= 0.3 is 0 Å². The highest BCUT2D eigenvalue weighted by molar-refractivity contribution is 7.91. The lowest BCUT2D eigenvalue weighted by Gasteiger charge is -2.26. The minimum Gasteiger partial charge on any atom is -0.356 e. The number of halogens is 2. The van der Waals surface area contributed by atoms with Crippen molar-refractivity contribution in [2.45, 2.75) is 43.9 Å². The molecule has 0 aliphatic carbocycles. The Labute approximate surface area is 209 Å². The summed E-state index contributed by atoms with van der Waals surface area (Å²) in [6, 6.07) is 6.36. The van der Waals surface area contributed by atoms with Crippen LogP contribution in [0, 0.1) is 18.6 Å². The Kier molecular flexibility index (Phi) is 6.87. The van der Waals surface area contributed by atoms with E-state index >= 15 is 0 Å². The molecule has 1 aliphatic rings. The van der Waals surface area contributed by atoms with Gasteiger partial charge in [-0.15, -0.1) is 0 Å². The maximum absolute atomic E-state index is 14.1. The zero-order valence-corrected chi connectivity index (χ0v) is 21.6. The number of carbonyl (C=O) groups is 1. The minimum atomic E-state index is -2.97. The Morgan fingerprint density at radius 1 is 1.19 bits per heavy atom. The highest BCUT2D eigenvalue weighted by Gasteiger charge is 2.33. The number of aromatic nitrogens is 3. The van der Waals surface area contributed by atoms with Crippen molar-refractivity contribution >= 4 is 27.1 Å². The number of alkyl halides is 2. The summed E-state index contributed by atoms with van der Waals surface area (Å²) in [4.78, 5) is 20.3. The normalized spacial score (nSPS) is 17.3. The fraction of sp³-hybridized carbons (Fsp3) is 0.400. The second-order valence-electron chi connectivity index (χ2n) is 9.32. The van der Waals surface area contributed by atoms with Crippen LogP contribution in [0.2, 0.25) is 0 Å². The van der Waals surface area contributed by atoms with Crippen molar-refractivity contribution in [3.05, 3.63) is 53.5 Å². The number of hydrogen-bond donors (Lipinski definition) is 2. The lowest BCUT2D eigenvalue weighted by Crippen LogP contribution is -2.30. The van der Waals surface area contributed by atoms with Crippen LogP contribution in [-0.4, -0.2) is 50.1 Å². The van der Waals surface area contributed by atoms with Crippen molar-refractivity contribution < 1.29 is 17.8 Å². The van der Waals surface area contributed by atoms with Crippen molar-refractivity contribution in [3.63, 3.8) is 0 Å². The average molecular weight is 517 g/mol. The summed E-state index contributed by atoms with van der Waals surface area (Å²) < 4.78 is 49.9. The van der Waals surface area contributed by atoms with E-state index in [4.69, 9.17) is 4.78 Å². The van der Waals surface area contributed by atoms with Gasteiger partial charge in [0.25, 0.3) is 5.91 Å². The molecule has 1 amide bonds. The Morgan fingerprint density at radius 3 is 2.61 bits per heavy atom. The lowest BCUT2D eigenvalue weighted by molar-refractivity contribution is -0.0102. The van der Waals surface area contributed by atoms with E-state index < -0.39 is 21.6 Å². The Morgan fingerprint density at radius 2 is 1.94 bits per heavy atom. The Hall–Kier alpha value is -3.34. The number of benzene rings is 1. The van der Waals surface area contributed by atoms with Crippen molar-refractivity contribution in [2.24, 2.45) is 7.05 Å². The number of aryl methyl sites for hydroxylation is 2. The third kappa shape index (κ3) is 5.40. The fourth-order valence-electron chi connectivity index (χ4n) is 4.52. The molecule has 36 heavy (non-hydrogen) atoms. The molecule has 2 N–H and O–H groups in total. The van der Waals surface area contributed by atoms with Crippen LogP contribution in [0.25, 0.3) is 11.1 Å². The molecule has 192 valence electrons. The summed E-state index contributed by atoms with van der Waals surface area (Å²) >= 11 is 0. The van der Waals surface area contributed by atoms with E-state index in [2.05, 4.69) is 15.4 Å². The Bertz CT molecular complexity index is 1420. The molecule has 0 unspecified atom stereocenters. The number of nitrogens with zero attached hydrogens (tertiary/aromatic N) is 4. The maximum Gasteiger partial charge on any atom is 0.259 e. The highest BCUT2D eigenvalue weighted by Crippen LogP contribution is 2.35. The van der Waals surface area contributed by atoms with Gasteiger partial charge in [-0.3, -0.25) is 9.48 Å². The molecule has 1 atom stereocenters. The molecule has 4 rings (SSSR count). The number of hydrogen-bond acceptors (Lipinski definition) is 6. The van der Waals surface area contributed by atoms with E-state index in [1.165, 1.54) is 12.3 Å².